The van der Waals surface area contributed by atoms with Gasteiger partial charge >= 0.3 is 0 Å². The Labute approximate surface area is 103 Å². The van der Waals surface area contributed by atoms with Crippen LogP contribution in [0, 0.1) is 0 Å². The van der Waals surface area contributed by atoms with Gasteiger partial charge in [-0.3, -0.25) is 0 Å². The maximum Gasteiger partial charge on any atom is 0.145 e. The van der Waals surface area contributed by atoms with Gasteiger partial charge in [-0.2, -0.15) is 0 Å². The minimum Gasteiger partial charge on any atom is -0.327 e. The lowest BCUT2D eigenvalue weighted by Gasteiger charge is -2.19. The highest BCUT2D eigenvalue weighted by Crippen LogP contribution is 2.32. The highest BCUT2D eigenvalue weighted by Gasteiger charge is 2.24. The molecule has 0 aliphatic heterocycles. The molecule has 1 atom stereocenters. The van der Waals surface area contributed by atoms with E-state index in [1.54, 1.807) is 17.8 Å². The van der Waals surface area contributed by atoms with Gasteiger partial charge in [0.05, 0.1) is 0 Å². The van der Waals surface area contributed by atoms with E-state index in [1.165, 1.54) is 6.92 Å². The number of hydrogen-bond donors (Lipinski definition) is 1. The maximum absolute atomic E-state index is 13.9. The van der Waals surface area contributed by atoms with Crippen LogP contribution in [0.4, 0.5) is 4.39 Å². The fourth-order valence-electron chi connectivity index (χ4n) is 1.22. The fraction of sp³-hybridized carbons (Fsp3) is 0.455. The molecule has 1 rings (SSSR count). The summed E-state index contributed by atoms with van der Waals surface area (Å²) in [5.74, 6) is 1.00. The van der Waals surface area contributed by atoms with Gasteiger partial charge in [0, 0.05) is 15.9 Å². The molecule has 0 bridgehead atoms. The van der Waals surface area contributed by atoms with Crippen molar-refractivity contribution in [3.05, 3.63) is 28.2 Å². The molecular weight excluding hydrogens is 277 g/mol. The molecule has 1 aromatic rings. The molecule has 0 radical (unpaired) electrons. The van der Waals surface area contributed by atoms with Crippen molar-refractivity contribution in [3.8, 4) is 0 Å². The molecule has 0 aliphatic carbocycles. The summed E-state index contributed by atoms with van der Waals surface area (Å²) in [6.45, 7) is 3.59. The standard InChI is InChI=1S/C11H15BrFNS/c1-3-15-10-5-4-8(6-9(10)12)11(2,13)7-14/h4-6H,3,7,14H2,1-2H3. The van der Waals surface area contributed by atoms with E-state index in [9.17, 15) is 4.39 Å². The first-order chi connectivity index (χ1) is 7.01. The van der Waals surface area contributed by atoms with Crippen LogP contribution >= 0.6 is 27.7 Å². The van der Waals surface area contributed by atoms with Gasteiger partial charge in [0.2, 0.25) is 0 Å². The van der Waals surface area contributed by atoms with Crippen LogP contribution < -0.4 is 5.73 Å². The van der Waals surface area contributed by atoms with E-state index in [1.807, 2.05) is 12.1 Å². The molecule has 84 valence electrons. The van der Waals surface area contributed by atoms with Crippen molar-refractivity contribution in [1.29, 1.82) is 0 Å². The molecule has 0 heterocycles. The molecule has 1 unspecified atom stereocenters. The summed E-state index contributed by atoms with van der Waals surface area (Å²) < 4.78 is 14.8. The number of nitrogens with two attached hydrogens (primary N) is 1. The Morgan fingerprint density at radius 3 is 2.67 bits per heavy atom. The molecular formula is C11H15BrFNS. The minimum absolute atomic E-state index is 0.000290. The second-order valence-corrected chi connectivity index (χ2v) is 5.64. The van der Waals surface area contributed by atoms with Gasteiger partial charge in [-0.15, -0.1) is 11.8 Å². The third-order valence-electron chi connectivity index (χ3n) is 2.22. The van der Waals surface area contributed by atoms with Gasteiger partial charge in [-0.25, -0.2) is 4.39 Å². The van der Waals surface area contributed by atoms with Crippen molar-refractivity contribution in [2.45, 2.75) is 24.4 Å². The van der Waals surface area contributed by atoms with Crippen molar-refractivity contribution < 1.29 is 4.39 Å². The van der Waals surface area contributed by atoms with Gasteiger partial charge in [0.25, 0.3) is 0 Å². The fourth-order valence-corrected chi connectivity index (χ4v) is 2.61. The average Bonchev–Trinajstić information content (AvgIpc) is 2.21. The van der Waals surface area contributed by atoms with E-state index in [4.69, 9.17) is 5.73 Å². The molecule has 15 heavy (non-hydrogen) atoms. The first-order valence-electron chi connectivity index (χ1n) is 4.83. The van der Waals surface area contributed by atoms with Crippen molar-refractivity contribution in [1.82, 2.24) is 0 Å². The number of halogens is 2. The van der Waals surface area contributed by atoms with Gasteiger partial charge in [0.1, 0.15) is 5.67 Å². The molecule has 0 fully saturated rings. The summed E-state index contributed by atoms with van der Waals surface area (Å²) in [7, 11) is 0. The molecule has 1 nitrogen and oxygen atoms in total. The zero-order chi connectivity index (χ0) is 11.5. The van der Waals surface area contributed by atoms with Crippen molar-refractivity contribution in [2.75, 3.05) is 12.3 Å². The molecule has 0 saturated carbocycles. The van der Waals surface area contributed by atoms with E-state index in [2.05, 4.69) is 22.9 Å². The molecule has 0 spiro atoms. The van der Waals surface area contributed by atoms with Gasteiger partial charge < -0.3 is 5.73 Å². The van der Waals surface area contributed by atoms with Crippen LogP contribution in [-0.2, 0) is 5.67 Å². The summed E-state index contributed by atoms with van der Waals surface area (Å²) in [5.41, 5.74) is 4.57. The monoisotopic (exact) mass is 291 g/mol. The quantitative estimate of drug-likeness (QED) is 0.856. The molecule has 2 N–H and O–H groups in total. The Morgan fingerprint density at radius 2 is 2.20 bits per heavy atom. The lowest BCUT2D eigenvalue weighted by atomic mass is 9.98. The highest BCUT2D eigenvalue weighted by molar-refractivity contribution is 9.10. The van der Waals surface area contributed by atoms with Crippen LogP contribution in [0.2, 0.25) is 0 Å². The van der Waals surface area contributed by atoms with Crippen molar-refractivity contribution >= 4 is 27.7 Å². The second kappa shape index (κ2) is 5.32. The third kappa shape index (κ3) is 3.20. The molecule has 0 amide bonds. The smallest absolute Gasteiger partial charge is 0.145 e. The molecule has 1 aromatic carbocycles. The topological polar surface area (TPSA) is 26.0 Å². The van der Waals surface area contributed by atoms with E-state index in [0.29, 0.717) is 5.56 Å². The minimum atomic E-state index is -1.45. The van der Waals surface area contributed by atoms with E-state index in [-0.39, 0.29) is 6.54 Å². The van der Waals surface area contributed by atoms with Gasteiger partial charge in [-0.05, 0) is 46.3 Å². The number of rotatable bonds is 4. The lowest BCUT2D eigenvalue weighted by Crippen LogP contribution is -2.26. The summed E-state index contributed by atoms with van der Waals surface area (Å²) in [6.07, 6.45) is 0. The largest absolute Gasteiger partial charge is 0.327 e. The molecule has 0 aromatic heterocycles. The predicted molar refractivity (Wildman–Crippen MR) is 68.1 cm³/mol. The zero-order valence-electron chi connectivity index (χ0n) is 8.89. The second-order valence-electron chi connectivity index (χ2n) is 3.48. The first-order valence-corrected chi connectivity index (χ1v) is 6.61. The number of benzene rings is 1. The number of alkyl halides is 1. The molecule has 0 aliphatic rings. The number of thioether (sulfide) groups is 1. The van der Waals surface area contributed by atoms with Gasteiger partial charge in [-0.1, -0.05) is 13.0 Å². The van der Waals surface area contributed by atoms with Crippen LogP contribution in [-0.4, -0.2) is 12.3 Å². The number of hydrogen-bond acceptors (Lipinski definition) is 2. The van der Waals surface area contributed by atoms with E-state index >= 15 is 0 Å². The average molecular weight is 292 g/mol. The third-order valence-corrected chi connectivity index (χ3v) is 4.09. The van der Waals surface area contributed by atoms with Gasteiger partial charge in [0.15, 0.2) is 0 Å². The Kier molecular flexibility index (Phi) is 4.62. The molecule has 0 saturated heterocycles. The van der Waals surface area contributed by atoms with Crippen molar-refractivity contribution in [2.24, 2.45) is 5.73 Å². The first kappa shape index (κ1) is 13.0. The van der Waals surface area contributed by atoms with Crippen molar-refractivity contribution in [3.63, 3.8) is 0 Å². The summed E-state index contributed by atoms with van der Waals surface area (Å²) in [4.78, 5) is 1.13. The van der Waals surface area contributed by atoms with Crippen LogP contribution in [0.3, 0.4) is 0 Å². The zero-order valence-corrected chi connectivity index (χ0v) is 11.3. The Hall–Kier alpha value is -0.0600. The van der Waals surface area contributed by atoms with Crippen LogP contribution in [0.5, 0.6) is 0 Å². The van der Waals surface area contributed by atoms with Crippen LogP contribution in [0.25, 0.3) is 0 Å². The SMILES string of the molecule is CCSc1ccc(C(C)(F)CN)cc1Br. The predicted octanol–water partition coefficient (Wildman–Crippen LogP) is 3.70. The van der Waals surface area contributed by atoms with E-state index < -0.39 is 5.67 Å². The normalized spacial score (nSPS) is 15.0. The molecule has 4 heteroatoms. The summed E-state index contributed by atoms with van der Waals surface area (Å²) in [5, 5.41) is 0. The summed E-state index contributed by atoms with van der Waals surface area (Å²) >= 11 is 5.17. The van der Waals surface area contributed by atoms with Crippen LogP contribution in [0.1, 0.15) is 19.4 Å². The lowest BCUT2D eigenvalue weighted by molar-refractivity contribution is 0.203. The highest BCUT2D eigenvalue weighted by atomic mass is 79.9. The maximum atomic E-state index is 13.9. The Balaban J connectivity index is 3.01. The van der Waals surface area contributed by atoms with Crippen LogP contribution in [0.15, 0.2) is 27.6 Å². The van der Waals surface area contributed by atoms with E-state index in [0.717, 1.165) is 15.1 Å². The Bertz CT molecular complexity index is 341. The Morgan fingerprint density at radius 1 is 1.53 bits per heavy atom. The summed E-state index contributed by atoms with van der Waals surface area (Å²) in [6, 6.07) is 5.54.